The predicted octanol–water partition coefficient (Wildman–Crippen LogP) is 5.04. The van der Waals surface area contributed by atoms with Crippen LogP contribution in [0.3, 0.4) is 0 Å². The van der Waals surface area contributed by atoms with Crippen molar-refractivity contribution in [1.29, 1.82) is 0 Å². The Morgan fingerprint density at radius 2 is 2.06 bits per heavy atom. The van der Waals surface area contributed by atoms with Crippen LogP contribution in [-0.2, 0) is 16.1 Å². The van der Waals surface area contributed by atoms with Crippen molar-refractivity contribution in [1.82, 2.24) is 4.98 Å². The van der Waals surface area contributed by atoms with Gasteiger partial charge in [0.05, 0.1) is 42.3 Å². The number of azide groups is 1. The molecule has 1 aromatic heterocycles. The molecular weight excluding hydrogens is 480 g/mol. The quantitative estimate of drug-likeness (QED) is 0.127. The standard InChI is InChI=1S/C26H42N4O5S/c1-15(23(33)17(3)24(34)25(5,6)18(4)32)9-8-10-26(7)21(35-26)12-20(29-30-27)16(2)11-19-14-36-22(13-31)28-19/h11,14-15,17-18,20-21,23,31-33H,8-10,12-13H2,1-7H3/b16-11+/t15-,17+,18-,20?,21-,23-,26+/m0/s1. The zero-order chi connectivity index (χ0) is 27.3. The number of carbonyl (C=O) groups is 1. The molecule has 10 heteroatoms. The molecule has 2 rings (SSSR count). The zero-order valence-electron chi connectivity index (χ0n) is 22.5. The van der Waals surface area contributed by atoms with Gasteiger partial charge >= 0.3 is 0 Å². The average Bonchev–Trinajstić information content (AvgIpc) is 3.23. The Morgan fingerprint density at radius 3 is 2.61 bits per heavy atom. The van der Waals surface area contributed by atoms with Gasteiger partial charge in [0.2, 0.25) is 0 Å². The number of aliphatic hydroxyl groups excluding tert-OH is 3. The van der Waals surface area contributed by atoms with Crippen LogP contribution in [-0.4, -0.2) is 56.0 Å². The summed E-state index contributed by atoms with van der Waals surface area (Å²) in [6.07, 6.45) is 3.22. The van der Waals surface area contributed by atoms with Crippen LogP contribution in [0, 0.1) is 17.3 Å². The second kappa shape index (κ2) is 12.6. The molecule has 9 nitrogen and oxygen atoms in total. The number of ketones is 1. The molecule has 202 valence electrons. The number of aromatic nitrogens is 1. The third kappa shape index (κ3) is 7.60. The van der Waals surface area contributed by atoms with Crippen LogP contribution in [0.1, 0.15) is 84.9 Å². The lowest BCUT2D eigenvalue weighted by molar-refractivity contribution is -0.140. The average molecular weight is 523 g/mol. The predicted molar refractivity (Wildman–Crippen MR) is 141 cm³/mol. The van der Waals surface area contributed by atoms with Gasteiger partial charge in [-0.3, -0.25) is 4.79 Å². The molecule has 0 bridgehead atoms. The van der Waals surface area contributed by atoms with Crippen LogP contribution in [0.25, 0.3) is 16.5 Å². The first kappa shape index (κ1) is 30.4. The van der Waals surface area contributed by atoms with Crippen molar-refractivity contribution < 1.29 is 24.9 Å². The third-order valence-electron chi connectivity index (χ3n) is 7.79. The molecule has 3 N–H and O–H groups in total. The molecule has 7 atom stereocenters. The van der Waals surface area contributed by atoms with Gasteiger partial charge in [-0.2, -0.15) is 0 Å². The van der Waals surface area contributed by atoms with Gasteiger partial charge in [0.1, 0.15) is 10.8 Å². The van der Waals surface area contributed by atoms with E-state index in [1.165, 1.54) is 11.3 Å². The minimum atomic E-state index is -0.904. The van der Waals surface area contributed by atoms with E-state index in [1.54, 1.807) is 27.7 Å². The minimum absolute atomic E-state index is 0.0349. The molecule has 0 radical (unpaired) electrons. The minimum Gasteiger partial charge on any atom is -0.392 e. The molecule has 1 unspecified atom stereocenters. The molecule has 0 aliphatic carbocycles. The fraction of sp³-hybridized carbons (Fsp3) is 0.769. The SMILES string of the molecule is C/C(=C\c1csc(CO)n1)C(C[C@@H]1O[C@]1(C)CCC[C@H](C)[C@H](O)[C@@H](C)C(=O)C(C)(C)[C@H](C)O)N=[N+]=[N-]. The summed E-state index contributed by atoms with van der Waals surface area (Å²) in [4.78, 5) is 20.1. The highest BCUT2D eigenvalue weighted by atomic mass is 32.1. The molecule has 1 aliphatic rings. The Balaban J connectivity index is 1.88. The fourth-order valence-electron chi connectivity index (χ4n) is 4.58. The first-order valence-electron chi connectivity index (χ1n) is 12.6. The molecule has 0 spiro atoms. The molecule has 1 saturated heterocycles. The van der Waals surface area contributed by atoms with Crippen LogP contribution < -0.4 is 0 Å². The first-order valence-corrected chi connectivity index (χ1v) is 13.5. The van der Waals surface area contributed by atoms with Crippen LogP contribution in [0.2, 0.25) is 0 Å². The molecular formula is C26H42N4O5S. The van der Waals surface area contributed by atoms with Gasteiger partial charge in [0.25, 0.3) is 0 Å². The lowest BCUT2D eigenvalue weighted by Gasteiger charge is -2.33. The Morgan fingerprint density at radius 1 is 1.39 bits per heavy atom. The Bertz CT molecular complexity index is 971. The molecule has 0 aromatic carbocycles. The van der Waals surface area contributed by atoms with Crippen LogP contribution in [0.4, 0.5) is 0 Å². The Hall–Kier alpha value is -1.81. The van der Waals surface area contributed by atoms with Gasteiger partial charge in [-0.1, -0.05) is 44.8 Å². The third-order valence-corrected chi connectivity index (χ3v) is 8.64. The van der Waals surface area contributed by atoms with E-state index in [4.69, 9.17) is 10.3 Å². The summed E-state index contributed by atoms with van der Waals surface area (Å²) in [6.45, 7) is 12.6. The molecule has 2 heterocycles. The van der Waals surface area contributed by atoms with Gasteiger partial charge in [-0.15, -0.1) is 11.3 Å². The molecule has 0 saturated carbocycles. The fourth-order valence-corrected chi connectivity index (χ4v) is 5.19. The molecule has 0 amide bonds. The number of hydrogen-bond donors (Lipinski definition) is 3. The van der Waals surface area contributed by atoms with Gasteiger partial charge in [0.15, 0.2) is 0 Å². The van der Waals surface area contributed by atoms with Gasteiger partial charge in [0, 0.05) is 21.6 Å². The maximum absolute atomic E-state index is 12.8. The van der Waals surface area contributed by atoms with E-state index in [-0.39, 0.29) is 36.1 Å². The van der Waals surface area contributed by atoms with E-state index >= 15 is 0 Å². The molecule has 1 fully saturated rings. The van der Waals surface area contributed by atoms with E-state index in [2.05, 4.69) is 21.9 Å². The number of nitrogens with zero attached hydrogens (tertiary/aromatic N) is 4. The van der Waals surface area contributed by atoms with Crippen molar-refractivity contribution in [2.75, 3.05) is 0 Å². The number of rotatable bonds is 15. The lowest BCUT2D eigenvalue weighted by atomic mass is 9.74. The molecule has 1 aromatic rings. The zero-order valence-corrected chi connectivity index (χ0v) is 23.3. The Kier molecular flexibility index (Phi) is 10.7. The normalized spacial score (nSPS) is 24.4. The maximum atomic E-state index is 12.8. The summed E-state index contributed by atoms with van der Waals surface area (Å²) in [5, 5.41) is 36.4. The van der Waals surface area contributed by atoms with Gasteiger partial charge in [-0.05, 0) is 57.6 Å². The number of epoxide rings is 1. The van der Waals surface area contributed by atoms with Crippen LogP contribution in [0.15, 0.2) is 16.1 Å². The van der Waals surface area contributed by atoms with E-state index in [1.807, 2.05) is 25.3 Å². The number of ether oxygens (including phenoxy) is 1. The highest BCUT2D eigenvalue weighted by Crippen LogP contribution is 2.44. The number of carbonyl (C=O) groups excluding carboxylic acids is 1. The van der Waals surface area contributed by atoms with E-state index in [9.17, 15) is 20.1 Å². The molecule has 1 aliphatic heterocycles. The van der Waals surface area contributed by atoms with E-state index in [0.717, 1.165) is 30.5 Å². The summed E-state index contributed by atoms with van der Waals surface area (Å²) in [5.41, 5.74) is 9.46. The van der Waals surface area contributed by atoms with Crippen molar-refractivity contribution >= 4 is 23.2 Å². The van der Waals surface area contributed by atoms with Gasteiger partial charge in [-0.25, -0.2) is 4.98 Å². The lowest BCUT2D eigenvalue weighted by Crippen LogP contribution is -2.43. The van der Waals surface area contributed by atoms with Crippen molar-refractivity contribution in [3.63, 3.8) is 0 Å². The Labute approximate surface area is 218 Å². The smallest absolute Gasteiger partial charge is 0.146 e. The monoisotopic (exact) mass is 522 g/mol. The number of hydrogen-bond acceptors (Lipinski definition) is 8. The highest BCUT2D eigenvalue weighted by molar-refractivity contribution is 7.09. The summed E-state index contributed by atoms with van der Waals surface area (Å²) in [6, 6.07) is -0.356. The summed E-state index contributed by atoms with van der Waals surface area (Å²) >= 11 is 1.38. The maximum Gasteiger partial charge on any atom is 0.146 e. The van der Waals surface area contributed by atoms with Crippen LogP contribution in [0.5, 0.6) is 0 Å². The number of Topliss-reactive ketones (excluding diaryl/α,β-unsaturated/α-hetero) is 1. The van der Waals surface area contributed by atoms with Crippen molar-refractivity contribution in [2.45, 2.75) is 111 Å². The van der Waals surface area contributed by atoms with Crippen LogP contribution >= 0.6 is 11.3 Å². The largest absolute Gasteiger partial charge is 0.392 e. The second-order valence-electron chi connectivity index (χ2n) is 11.0. The first-order chi connectivity index (χ1) is 16.8. The van der Waals surface area contributed by atoms with Gasteiger partial charge < -0.3 is 20.1 Å². The summed E-state index contributed by atoms with van der Waals surface area (Å²) in [7, 11) is 0. The molecule has 36 heavy (non-hydrogen) atoms. The number of thiazole rings is 1. The van der Waals surface area contributed by atoms with E-state index in [0.29, 0.717) is 11.4 Å². The topological polar surface area (TPSA) is 152 Å². The van der Waals surface area contributed by atoms with Crippen molar-refractivity contribution in [2.24, 2.45) is 22.4 Å². The van der Waals surface area contributed by atoms with Crippen molar-refractivity contribution in [3.05, 3.63) is 32.1 Å². The number of aliphatic hydroxyl groups is 3. The second-order valence-corrected chi connectivity index (χ2v) is 11.9. The van der Waals surface area contributed by atoms with Crippen molar-refractivity contribution in [3.8, 4) is 0 Å². The highest BCUT2D eigenvalue weighted by Gasteiger charge is 2.52. The summed E-state index contributed by atoms with van der Waals surface area (Å²) in [5.74, 6) is -0.764. The van der Waals surface area contributed by atoms with E-state index < -0.39 is 23.5 Å². The summed E-state index contributed by atoms with van der Waals surface area (Å²) < 4.78 is 6.00.